The summed E-state index contributed by atoms with van der Waals surface area (Å²) in [5, 5.41) is 5.77. The highest BCUT2D eigenvalue weighted by Gasteiger charge is 2.16. The second-order valence-electron chi connectivity index (χ2n) is 7.06. The number of amides is 2. The molecule has 3 rings (SSSR count). The second kappa shape index (κ2) is 11.0. The average molecular weight is 424 g/mol. The topological polar surface area (TPSA) is 80.6 Å². The summed E-state index contributed by atoms with van der Waals surface area (Å²) in [5.41, 5.74) is 1.83. The van der Waals surface area contributed by atoms with Crippen molar-refractivity contribution in [2.75, 3.05) is 13.7 Å². The summed E-state index contributed by atoms with van der Waals surface area (Å²) in [4.78, 5) is 24.4. The highest BCUT2D eigenvalue weighted by molar-refractivity contribution is 5.91. The zero-order valence-corrected chi connectivity index (χ0v) is 17.3. The lowest BCUT2D eigenvalue weighted by atomic mass is 9.98. The fraction of sp³-hybridized carbons (Fsp3) is 0.250. The molecule has 31 heavy (non-hydrogen) atoms. The lowest BCUT2D eigenvalue weighted by Crippen LogP contribution is -2.31. The lowest BCUT2D eigenvalue weighted by molar-refractivity contribution is -0.121. The third kappa shape index (κ3) is 6.70. The van der Waals surface area contributed by atoms with Gasteiger partial charge in [0.05, 0.1) is 19.4 Å². The van der Waals surface area contributed by atoms with Crippen molar-refractivity contribution in [3.63, 3.8) is 0 Å². The van der Waals surface area contributed by atoms with E-state index in [0.29, 0.717) is 19.4 Å². The Hall–Kier alpha value is -3.61. The molecule has 2 N–H and O–H groups in total. The van der Waals surface area contributed by atoms with E-state index in [1.165, 1.54) is 18.4 Å². The van der Waals surface area contributed by atoms with E-state index in [2.05, 4.69) is 10.6 Å². The molecule has 3 aromatic rings. The SMILES string of the molecule is COc1ccc(C(Cc2ccc(F)cc2)NC(=O)CCCNC(=O)c2ccco2)cc1. The maximum atomic E-state index is 13.2. The van der Waals surface area contributed by atoms with Crippen molar-refractivity contribution in [3.8, 4) is 5.75 Å². The zero-order valence-electron chi connectivity index (χ0n) is 17.3. The normalized spacial score (nSPS) is 11.5. The third-order valence-corrected chi connectivity index (χ3v) is 4.82. The van der Waals surface area contributed by atoms with Crippen LogP contribution in [0, 0.1) is 5.82 Å². The van der Waals surface area contributed by atoms with Gasteiger partial charge in [0.2, 0.25) is 5.91 Å². The van der Waals surface area contributed by atoms with Crippen molar-refractivity contribution in [3.05, 3.63) is 89.6 Å². The molecule has 162 valence electrons. The lowest BCUT2D eigenvalue weighted by Gasteiger charge is -2.20. The Kier molecular flexibility index (Phi) is 7.81. The summed E-state index contributed by atoms with van der Waals surface area (Å²) in [5.74, 6) is 0.226. The number of methoxy groups -OCH3 is 1. The standard InChI is InChI=1S/C24H25FN2O4/c1-30-20-12-8-18(9-13-20)21(16-17-6-10-19(25)11-7-17)27-23(28)5-2-14-26-24(29)22-4-3-15-31-22/h3-4,6-13,15,21H,2,5,14,16H2,1H3,(H,26,29)(H,27,28). The van der Waals surface area contributed by atoms with E-state index in [9.17, 15) is 14.0 Å². The molecule has 0 spiro atoms. The molecule has 0 fully saturated rings. The second-order valence-corrected chi connectivity index (χ2v) is 7.06. The van der Waals surface area contributed by atoms with Crippen molar-refractivity contribution in [1.82, 2.24) is 10.6 Å². The predicted molar refractivity (Wildman–Crippen MR) is 114 cm³/mol. The minimum Gasteiger partial charge on any atom is -0.497 e. The van der Waals surface area contributed by atoms with Crippen molar-refractivity contribution in [1.29, 1.82) is 0 Å². The van der Waals surface area contributed by atoms with E-state index in [4.69, 9.17) is 9.15 Å². The van der Waals surface area contributed by atoms with E-state index in [1.807, 2.05) is 24.3 Å². The smallest absolute Gasteiger partial charge is 0.286 e. The molecule has 0 aliphatic rings. The first-order chi connectivity index (χ1) is 15.0. The Morgan fingerprint density at radius 1 is 1.06 bits per heavy atom. The molecule has 1 atom stereocenters. The van der Waals surface area contributed by atoms with E-state index < -0.39 is 0 Å². The monoisotopic (exact) mass is 424 g/mol. The van der Waals surface area contributed by atoms with Crippen LogP contribution in [-0.4, -0.2) is 25.5 Å². The number of benzene rings is 2. The van der Waals surface area contributed by atoms with Crippen molar-refractivity contribution >= 4 is 11.8 Å². The predicted octanol–water partition coefficient (Wildman–Crippen LogP) is 4.04. The molecular weight excluding hydrogens is 399 g/mol. The van der Waals surface area contributed by atoms with Crippen LogP contribution in [0.15, 0.2) is 71.3 Å². The van der Waals surface area contributed by atoms with Gasteiger partial charge in [-0.25, -0.2) is 4.39 Å². The first-order valence-electron chi connectivity index (χ1n) is 10.0. The van der Waals surface area contributed by atoms with E-state index in [-0.39, 0.29) is 35.9 Å². The molecule has 0 saturated heterocycles. The van der Waals surface area contributed by atoms with Crippen LogP contribution in [0.4, 0.5) is 4.39 Å². The summed E-state index contributed by atoms with van der Waals surface area (Å²) < 4.78 is 23.5. The molecule has 0 radical (unpaired) electrons. The zero-order chi connectivity index (χ0) is 22.1. The summed E-state index contributed by atoms with van der Waals surface area (Å²) in [6.07, 6.45) is 2.70. The van der Waals surface area contributed by atoms with Gasteiger partial charge >= 0.3 is 0 Å². The van der Waals surface area contributed by atoms with Gasteiger partial charge in [-0.15, -0.1) is 0 Å². The molecule has 1 heterocycles. The molecule has 1 unspecified atom stereocenters. The summed E-state index contributed by atoms with van der Waals surface area (Å²) in [7, 11) is 1.59. The average Bonchev–Trinajstić information content (AvgIpc) is 3.33. The van der Waals surface area contributed by atoms with Gasteiger partial charge in [0.25, 0.3) is 5.91 Å². The molecule has 7 heteroatoms. The molecule has 1 aromatic heterocycles. The van der Waals surface area contributed by atoms with Gasteiger partial charge in [-0.2, -0.15) is 0 Å². The van der Waals surface area contributed by atoms with Crippen LogP contribution in [0.5, 0.6) is 5.75 Å². The molecule has 0 aliphatic carbocycles. The van der Waals surface area contributed by atoms with Crippen molar-refractivity contribution < 1.29 is 23.1 Å². The van der Waals surface area contributed by atoms with E-state index in [1.54, 1.807) is 31.4 Å². The van der Waals surface area contributed by atoms with Gasteiger partial charge in [0.1, 0.15) is 11.6 Å². The van der Waals surface area contributed by atoms with Crippen LogP contribution in [0.25, 0.3) is 0 Å². The third-order valence-electron chi connectivity index (χ3n) is 4.82. The van der Waals surface area contributed by atoms with Crippen LogP contribution in [0.1, 0.15) is 40.6 Å². The molecule has 0 saturated carbocycles. The molecule has 2 aromatic carbocycles. The maximum Gasteiger partial charge on any atom is 0.286 e. The Bertz CT molecular complexity index is 970. The van der Waals surface area contributed by atoms with Gasteiger partial charge < -0.3 is 19.8 Å². The van der Waals surface area contributed by atoms with Gasteiger partial charge in [0, 0.05) is 13.0 Å². The largest absolute Gasteiger partial charge is 0.497 e. The van der Waals surface area contributed by atoms with Crippen LogP contribution in [0.2, 0.25) is 0 Å². The molecule has 0 aliphatic heterocycles. The molecule has 6 nitrogen and oxygen atoms in total. The minimum absolute atomic E-state index is 0.129. The van der Waals surface area contributed by atoms with Crippen LogP contribution >= 0.6 is 0 Å². The summed E-state index contributed by atoms with van der Waals surface area (Å²) >= 11 is 0. The number of hydrogen-bond donors (Lipinski definition) is 2. The van der Waals surface area contributed by atoms with Gasteiger partial charge in [0.15, 0.2) is 5.76 Å². The molecular formula is C24H25FN2O4. The first-order valence-corrected chi connectivity index (χ1v) is 10.0. The van der Waals surface area contributed by atoms with Crippen molar-refractivity contribution in [2.45, 2.75) is 25.3 Å². The number of carbonyl (C=O) groups is 2. The number of nitrogens with one attached hydrogen (secondary N) is 2. The van der Waals surface area contributed by atoms with E-state index in [0.717, 1.165) is 16.9 Å². The number of furan rings is 1. The van der Waals surface area contributed by atoms with Gasteiger partial charge in [-0.1, -0.05) is 24.3 Å². The number of carbonyl (C=O) groups excluding carboxylic acids is 2. The molecule has 0 bridgehead atoms. The highest BCUT2D eigenvalue weighted by atomic mass is 19.1. The van der Waals surface area contributed by atoms with Gasteiger partial charge in [-0.05, 0) is 60.4 Å². The number of rotatable bonds is 10. The van der Waals surface area contributed by atoms with Gasteiger partial charge in [-0.3, -0.25) is 9.59 Å². The Balaban J connectivity index is 1.56. The quantitative estimate of drug-likeness (QED) is 0.482. The minimum atomic E-state index is -0.308. The fourth-order valence-corrected chi connectivity index (χ4v) is 3.16. The summed E-state index contributed by atoms with van der Waals surface area (Å²) in [6.45, 7) is 0.359. The Morgan fingerprint density at radius 3 is 2.45 bits per heavy atom. The van der Waals surface area contributed by atoms with E-state index >= 15 is 0 Å². The number of halogens is 1. The molecule has 2 amide bonds. The maximum absolute atomic E-state index is 13.2. The Morgan fingerprint density at radius 2 is 1.81 bits per heavy atom. The Labute approximate surface area is 180 Å². The highest BCUT2D eigenvalue weighted by Crippen LogP contribution is 2.22. The van der Waals surface area contributed by atoms with Crippen LogP contribution < -0.4 is 15.4 Å². The first kappa shape index (κ1) is 22.1. The number of hydrogen-bond acceptors (Lipinski definition) is 4. The van der Waals surface area contributed by atoms with Crippen molar-refractivity contribution in [2.24, 2.45) is 0 Å². The summed E-state index contributed by atoms with van der Waals surface area (Å²) in [6, 6.07) is 16.7. The van der Waals surface area contributed by atoms with Crippen LogP contribution in [-0.2, 0) is 11.2 Å². The fourth-order valence-electron chi connectivity index (χ4n) is 3.16. The number of ether oxygens (including phenoxy) is 1. The van der Waals surface area contributed by atoms with Crippen LogP contribution in [0.3, 0.4) is 0 Å².